The molecule has 0 aliphatic heterocycles. The average Bonchev–Trinajstić information content (AvgIpc) is 2.43. The summed E-state index contributed by atoms with van der Waals surface area (Å²) in [5.41, 5.74) is 0. The van der Waals surface area contributed by atoms with Crippen LogP contribution in [0.4, 0.5) is 0 Å². The molecule has 0 spiro atoms. The zero-order valence-corrected chi connectivity index (χ0v) is 12.4. The van der Waals surface area contributed by atoms with Crippen LogP contribution in [-0.4, -0.2) is 37.0 Å². The second kappa shape index (κ2) is 8.52. The molecule has 3 nitrogen and oxygen atoms in total. The van der Waals surface area contributed by atoms with Crippen molar-refractivity contribution in [1.82, 2.24) is 10.2 Å². The zero-order valence-electron chi connectivity index (χ0n) is 12.4. The average molecular weight is 254 g/mol. The number of carbonyl (C=O) groups excluding carboxylic acids is 1. The summed E-state index contributed by atoms with van der Waals surface area (Å²) in [5, 5.41) is 3.03. The Morgan fingerprint density at radius 1 is 1.33 bits per heavy atom. The maximum Gasteiger partial charge on any atom is 0.222 e. The molecule has 106 valence electrons. The summed E-state index contributed by atoms with van der Waals surface area (Å²) >= 11 is 0. The summed E-state index contributed by atoms with van der Waals surface area (Å²) in [6.07, 6.45) is 8.89. The van der Waals surface area contributed by atoms with Gasteiger partial charge in [0.05, 0.1) is 0 Å². The summed E-state index contributed by atoms with van der Waals surface area (Å²) in [6, 6.07) is 0.781. The molecule has 3 heteroatoms. The largest absolute Gasteiger partial charge is 0.356 e. The van der Waals surface area contributed by atoms with E-state index in [-0.39, 0.29) is 11.8 Å². The summed E-state index contributed by atoms with van der Waals surface area (Å²) in [6.45, 7) is 5.97. The van der Waals surface area contributed by atoms with Crippen molar-refractivity contribution in [2.75, 3.05) is 20.1 Å². The normalized spacial score (nSPS) is 18.9. The molecule has 1 amide bonds. The number of rotatable bonds is 7. The van der Waals surface area contributed by atoms with Crippen LogP contribution in [0.15, 0.2) is 0 Å². The number of carbonyl (C=O) groups is 1. The predicted octanol–water partition coefficient (Wildman–Crippen LogP) is 2.80. The molecule has 0 radical (unpaired) electrons. The van der Waals surface area contributed by atoms with Crippen molar-refractivity contribution in [3.05, 3.63) is 0 Å². The van der Waals surface area contributed by atoms with E-state index in [1.165, 1.54) is 32.1 Å². The molecule has 0 heterocycles. The van der Waals surface area contributed by atoms with Gasteiger partial charge in [-0.15, -0.1) is 0 Å². The number of hydrogen-bond acceptors (Lipinski definition) is 2. The second-order valence-corrected chi connectivity index (χ2v) is 5.73. The van der Waals surface area contributed by atoms with E-state index >= 15 is 0 Å². The quantitative estimate of drug-likeness (QED) is 0.709. The molecule has 1 saturated carbocycles. The first-order valence-corrected chi connectivity index (χ1v) is 7.63. The van der Waals surface area contributed by atoms with Gasteiger partial charge in [-0.25, -0.2) is 0 Å². The summed E-state index contributed by atoms with van der Waals surface area (Å²) in [7, 11) is 2.23. The molecule has 0 saturated heterocycles. The van der Waals surface area contributed by atoms with Gasteiger partial charge in [-0.05, 0) is 39.3 Å². The van der Waals surface area contributed by atoms with E-state index in [1.807, 2.05) is 6.92 Å². The van der Waals surface area contributed by atoms with Crippen molar-refractivity contribution in [2.45, 2.75) is 64.8 Å². The number of nitrogens with zero attached hydrogens (tertiary/aromatic N) is 1. The van der Waals surface area contributed by atoms with Crippen molar-refractivity contribution in [3.8, 4) is 0 Å². The molecule has 0 bridgehead atoms. The Balaban J connectivity index is 2.08. The highest BCUT2D eigenvalue weighted by atomic mass is 16.1. The minimum atomic E-state index is 0.154. The van der Waals surface area contributed by atoms with E-state index in [2.05, 4.69) is 24.2 Å². The molecule has 1 N–H and O–H groups in total. The molecule has 0 aromatic heterocycles. The molecule has 1 unspecified atom stereocenters. The van der Waals surface area contributed by atoms with Gasteiger partial charge in [-0.3, -0.25) is 4.79 Å². The Labute approximate surface area is 112 Å². The van der Waals surface area contributed by atoms with Crippen LogP contribution in [0.25, 0.3) is 0 Å². The standard InChI is InChI=1S/C15H30N2O/c1-4-13(2)15(18)16-11-8-12-17(3)14-9-6-5-7-10-14/h13-14H,4-12H2,1-3H3,(H,16,18). The molecule has 1 atom stereocenters. The zero-order chi connectivity index (χ0) is 13.4. The Morgan fingerprint density at radius 2 is 2.00 bits per heavy atom. The van der Waals surface area contributed by atoms with Crippen molar-refractivity contribution in [3.63, 3.8) is 0 Å². The summed E-state index contributed by atoms with van der Waals surface area (Å²) in [5.74, 6) is 0.360. The SMILES string of the molecule is CCC(C)C(=O)NCCCN(C)C1CCCCC1. The lowest BCUT2D eigenvalue weighted by molar-refractivity contribution is -0.124. The van der Waals surface area contributed by atoms with Crippen LogP contribution in [0, 0.1) is 5.92 Å². The van der Waals surface area contributed by atoms with Gasteiger partial charge in [-0.1, -0.05) is 33.1 Å². The number of amides is 1. The van der Waals surface area contributed by atoms with Crippen molar-refractivity contribution in [2.24, 2.45) is 5.92 Å². The number of hydrogen-bond donors (Lipinski definition) is 1. The van der Waals surface area contributed by atoms with Crippen LogP contribution in [0.2, 0.25) is 0 Å². The lowest BCUT2D eigenvalue weighted by atomic mass is 9.94. The highest BCUT2D eigenvalue weighted by Gasteiger charge is 2.17. The topological polar surface area (TPSA) is 32.3 Å². The van der Waals surface area contributed by atoms with E-state index in [1.54, 1.807) is 0 Å². The Bertz CT molecular complexity index is 237. The lowest BCUT2D eigenvalue weighted by Gasteiger charge is -2.31. The monoisotopic (exact) mass is 254 g/mol. The van der Waals surface area contributed by atoms with Crippen LogP contribution in [0.1, 0.15) is 58.8 Å². The van der Waals surface area contributed by atoms with Crippen molar-refractivity contribution < 1.29 is 4.79 Å². The van der Waals surface area contributed by atoms with E-state index in [4.69, 9.17) is 0 Å². The highest BCUT2D eigenvalue weighted by Crippen LogP contribution is 2.21. The van der Waals surface area contributed by atoms with Gasteiger partial charge in [0, 0.05) is 18.5 Å². The first kappa shape index (κ1) is 15.5. The third-order valence-electron chi connectivity index (χ3n) is 4.24. The number of nitrogens with one attached hydrogen (secondary N) is 1. The fourth-order valence-electron chi connectivity index (χ4n) is 2.60. The fraction of sp³-hybridized carbons (Fsp3) is 0.933. The molecular formula is C15H30N2O. The van der Waals surface area contributed by atoms with Gasteiger partial charge in [0.2, 0.25) is 5.91 Å². The minimum absolute atomic E-state index is 0.154. The third kappa shape index (κ3) is 5.38. The predicted molar refractivity (Wildman–Crippen MR) is 76.6 cm³/mol. The molecule has 1 aliphatic carbocycles. The van der Waals surface area contributed by atoms with E-state index in [0.29, 0.717) is 0 Å². The maximum atomic E-state index is 11.6. The molecular weight excluding hydrogens is 224 g/mol. The molecule has 1 aliphatic rings. The smallest absolute Gasteiger partial charge is 0.222 e. The van der Waals surface area contributed by atoms with Gasteiger partial charge in [-0.2, -0.15) is 0 Å². The second-order valence-electron chi connectivity index (χ2n) is 5.73. The van der Waals surface area contributed by atoms with E-state index in [9.17, 15) is 4.79 Å². The van der Waals surface area contributed by atoms with Crippen LogP contribution in [0.5, 0.6) is 0 Å². The van der Waals surface area contributed by atoms with Crippen LogP contribution in [-0.2, 0) is 4.79 Å². The lowest BCUT2D eigenvalue weighted by Crippen LogP contribution is -2.36. The van der Waals surface area contributed by atoms with Crippen LogP contribution >= 0.6 is 0 Å². The van der Waals surface area contributed by atoms with Crippen molar-refractivity contribution in [1.29, 1.82) is 0 Å². The Morgan fingerprint density at radius 3 is 2.61 bits per heavy atom. The molecule has 1 fully saturated rings. The summed E-state index contributed by atoms with van der Waals surface area (Å²) < 4.78 is 0. The Hall–Kier alpha value is -0.570. The summed E-state index contributed by atoms with van der Waals surface area (Å²) in [4.78, 5) is 14.1. The highest BCUT2D eigenvalue weighted by molar-refractivity contribution is 5.78. The van der Waals surface area contributed by atoms with Gasteiger partial charge >= 0.3 is 0 Å². The molecule has 18 heavy (non-hydrogen) atoms. The first-order valence-electron chi connectivity index (χ1n) is 7.63. The van der Waals surface area contributed by atoms with Gasteiger partial charge < -0.3 is 10.2 Å². The first-order chi connectivity index (χ1) is 8.65. The van der Waals surface area contributed by atoms with Gasteiger partial charge in [0.15, 0.2) is 0 Å². The van der Waals surface area contributed by atoms with E-state index < -0.39 is 0 Å². The Kier molecular flexibility index (Phi) is 7.33. The van der Waals surface area contributed by atoms with E-state index in [0.717, 1.165) is 32.0 Å². The maximum absolute atomic E-state index is 11.6. The molecule has 1 rings (SSSR count). The van der Waals surface area contributed by atoms with Gasteiger partial charge in [0.25, 0.3) is 0 Å². The van der Waals surface area contributed by atoms with Crippen LogP contribution in [0.3, 0.4) is 0 Å². The fourth-order valence-corrected chi connectivity index (χ4v) is 2.60. The van der Waals surface area contributed by atoms with Crippen molar-refractivity contribution >= 4 is 5.91 Å². The molecule has 0 aromatic rings. The molecule has 0 aromatic carbocycles. The third-order valence-corrected chi connectivity index (χ3v) is 4.24. The minimum Gasteiger partial charge on any atom is -0.356 e. The van der Waals surface area contributed by atoms with Crippen LogP contribution < -0.4 is 5.32 Å². The van der Waals surface area contributed by atoms with Gasteiger partial charge in [0.1, 0.15) is 0 Å².